The van der Waals surface area contributed by atoms with Gasteiger partial charge in [0.15, 0.2) is 0 Å². The van der Waals surface area contributed by atoms with Crippen molar-refractivity contribution in [1.29, 1.82) is 0 Å². The van der Waals surface area contributed by atoms with Gasteiger partial charge in [-0.3, -0.25) is 0 Å². The number of benzene rings is 2. The van der Waals surface area contributed by atoms with Gasteiger partial charge < -0.3 is 9.84 Å². The molecule has 1 aromatic heterocycles. The highest BCUT2D eigenvalue weighted by Crippen LogP contribution is 2.19. The Morgan fingerprint density at radius 1 is 1.00 bits per heavy atom. The summed E-state index contributed by atoms with van der Waals surface area (Å²) in [4.78, 5) is 4.39. The maximum absolute atomic E-state index is 5.90. The van der Waals surface area contributed by atoms with Gasteiger partial charge in [0.05, 0.1) is 6.54 Å². The molecule has 1 unspecified atom stereocenters. The van der Waals surface area contributed by atoms with Crippen LogP contribution >= 0.6 is 23.2 Å². The first-order chi connectivity index (χ1) is 11.1. The number of hydrogen-bond acceptors (Lipinski definition) is 4. The first kappa shape index (κ1) is 16.0. The number of halogens is 2. The van der Waals surface area contributed by atoms with Crippen LogP contribution in [0.25, 0.3) is 11.4 Å². The Balaban J connectivity index is 1.63. The molecule has 0 saturated heterocycles. The first-order valence-corrected chi connectivity index (χ1v) is 7.95. The fourth-order valence-corrected chi connectivity index (χ4v) is 2.40. The van der Waals surface area contributed by atoms with Crippen molar-refractivity contribution in [3.63, 3.8) is 0 Å². The smallest absolute Gasteiger partial charge is 0.240 e. The van der Waals surface area contributed by atoms with E-state index in [0.717, 1.165) is 16.1 Å². The first-order valence-electron chi connectivity index (χ1n) is 7.19. The third-order valence-electron chi connectivity index (χ3n) is 3.50. The molecule has 6 heteroatoms. The van der Waals surface area contributed by atoms with Crippen molar-refractivity contribution in [2.24, 2.45) is 0 Å². The van der Waals surface area contributed by atoms with Gasteiger partial charge in [0.1, 0.15) is 0 Å². The average molecular weight is 348 g/mol. The molecular weight excluding hydrogens is 333 g/mol. The molecule has 0 aliphatic heterocycles. The number of aromatic nitrogens is 2. The van der Waals surface area contributed by atoms with Crippen LogP contribution < -0.4 is 5.32 Å². The molecule has 0 aliphatic rings. The van der Waals surface area contributed by atoms with Gasteiger partial charge in [-0.05, 0) is 48.9 Å². The van der Waals surface area contributed by atoms with Crippen LogP contribution in [0.5, 0.6) is 0 Å². The van der Waals surface area contributed by atoms with E-state index in [-0.39, 0.29) is 6.04 Å². The van der Waals surface area contributed by atoms with Crippen molar-refractivity contribution < 1.29 is 4.52 Å². The van der Waals surface area contributed by atoms with Crippen molar-refractivity contribution in [2.45, 2.75) is 19.5 Å². The minimum atomic E-state index is 0.151. The van der Waals surface area contributed by atoms with E-state index in [1.54, 1.807) is 12.1 Å². The van der Waals surface area contributed by atoms with E-state index in [2.05, 4.69) is 22.4 Å². The van der Waals surface area contributed by atoms with Gasteiger partial charge in [-0.25, -0.2) is 0 Å². The summed E-state index contributed by atoms with van der Waals surface area (Å²) in [5, 5.41) is 8.74. The zero-order chi connectivity index (χ0) is 16.2. The zero-order valence-electron chi connectivity index (χ0n) is 12.5. The van der Waals surface area contributed by atoms with Gasteiger partial charge >= 0.3 is 0 Å². The molecular formula is C17H15Cl2N3O. The van der Waals surface area contributed by atoms with Crippen molar-refractivity contribution in [3.8, 4) is 11.4 Å². The van der Waals surface area contributed by atoms with E-state index in [4.69, 9.17) is 27.7 Å². The van der Waals surface area contributed by atoms with Crippen LogP contribution in [-0.4, -0.2) is 10.1 Å². The lowest BCUT2D eigenvalue weighted by Crippen LogP contribution is -2.18. The molecule has 0 amide bonds. The molecule has 1 N–H and O–H groups in total. The Kier molecular flexibility index (Phi) is 4.96. The maximum Gasteiger partial charge on any atom is 0.240 e. The van der Waals surface area contributed by atoms with Crippen LogP contribution in [-0.2, 0) is 6.54 Å². The van der Waals surface area contributed by atoms with E-state index in [1.165, 1.54) is 0 Å². The zero-order valence-corrected chi connectivity index (χ0v) is 14.0. The molecule has 0 aliphatic carbocycles. The molecule has 1 heterocycles. The second kappa shape index (κ2) is 7.13. The Morgan fingerprint density at radius 2 is 1.61 bits per heavy atom. The molecule has 0 radical (unpaired) electrons. The second-order valence-corrected chi connectivity index (χ2v) is 6.05. The highest BCUT2D eigenvalue weighted by Gasteiger charge is 2.10. The summed E-state index contributed by atoms with van der Waals surface area (Å²) in [6.07, 6.45) is 0. The van der Waals surface area contributed by atoms with Gasteiger partial charge in [0.2, 0.25) is 11.7 Å². The van der Waals surface area contributed by atoms with Gasteiger partial charge in [-0.2, -0.15) is 4.98 Å². The van der Waals surface area contributed by atoms with Crippen LogP contribution in [0.1, 0.15) is 24.4 Å². The highest BCUT2D eigenvalue weighted by molar-refractivity contribution is 6.30. The third-order valence-corrected chi connectivity index (χ3v) is 4.00. The Labute approximate surface area is 144 Å². The van der Waals surface area contributed by atoms with E-state index in [0.29, 0.717) is 23.3 Å². The minimum absolute atomic E-state index is 0.151. The Hall–Kier alpha value is -1.88. The molecule has 0 fully saturated rings. The van der Waals surface area contributed by atoms with Gasteiger partial charge in [-0.1, -0.05) is 40.5 Å². The Bertz CT molecular complexity index is 769. The molecule has 3 aromatic rings. The summed E-state index contributed by atoms with van der Waals surface area (Å²) in [7, 11) is 0. The monoisotopic (exact) mass is 347 g/mol. The molecule has 0 saturated carbocycles. The summed E-state index contributed by atoms with van der Waals surface area (Å²) in [6, 6.07) is 15.2. The van der Waals surface area contributed by atoms with Gasteiger partial charge in [-0.15, -0.1) is 0 Å². The van der Waals surface area contributed by atoms with E-state index >= 15 is 0 Å². The predicted octanol–water partition coefficient (Wildman–Crippen LogP) is 4.89. The molecule has 0 spiro atoms. The highest BCUT2D eigenvalue weighted by atomic mass is 35.5. The lowest BCUT2D eigenvalue weighted by Gasteiger charge is -2.12. The summed E-state index contributed by atoms with van der Waals surface area (Å²) < 4.78 is 5.28. The number of hydrogen-bond donors (Lipinski definition) is 1. The lowest BCUT2D eigenvalue weighted by atomic mass is 10.1. The summed E-state index contributed by atoms with van der Waals surface area (Å²) >= 11 is 11.8. The van der Waals surface area contributed by atoms with E-state index in [1.807, 2.05) is 36.4 Å². The third kappa shape index (κ3) is 4.10. The molecule has 23 heavy (non-hydrogen) atoms. The van der Waals surface area contributed by atoms with Crippen molar-refractivity contribution >= 4 is 23.2 Å². The number of nitrogens with zero attached hydrogens (tertiary/aromatic N) is 2. The normalized spacial score (nSPS) is 12.3. The van der Waals surface area contributed by atoms with Crippen LogP contribution in [0, 0.1) is 0 Å². The molecule has 4 nitrogen and oxygen atoms in total. The maximum atomic E-state index is 5.90. The van der Waals surface area contributed by atoms with E-state index in [9.17, 15) is 0 Å². The number of nitrogens with one attached hydrogen (secondary N) is 1. The van der Waals surface area contributed by atoms with Crippen LogP contribution in [0.3, 0.4) is 0 Å². The van der Waals surface area contributed by atoms with Crippen molar-refractivity contribution in [1.82, 2.24) is 15.5 Å². The van der Waals surface area contributed by atoms with Crippen molar-refractivity contribution in [2.75, 3.05) is 0 Å². The molecule has 0 bridgehead atoms. The molecule has 2 aromatic carbocycles. The minimum Gasteiger partial charge on any atom is -0.338 e. The van der Waals surface area contributed by atoms with E-state index < -0.39 is 0 Å². The summed E-state index contributed by atoms with van der Waals surface area (Å²) in [5.41, 5.74) is 2.02. The van der Waals surface area contributed by atoms with Gasteiger partial charge in [0.25, 0.3) is 0 Å². The predicted molar refractivity (Wildman–Crippen MR) is 91.5 cm³/mol. The quantitative estimate of drug-likeness (QED) is 0.713. The summed E-state index contributed by atoms with van der Waals surface area (Å²) in [5.74, 6) is 1.09. The molecule has 3 rings (SSSR count). The lowest BCUT2D eigenvalue weighted by molar-refractivity contribution is 0.360. The van der Waals surface area contributed by atoms with Crippen LogP contribution in [0.15, 0.2) is 53.1 Å². The SMILES string of the molecule is CC(NCc1nc(-c2ccc(Cl)cc2)no1)c1ccc(Cl)cc1. The standard InChI is InChI=1S/C17H15Cl2N3O/c1-11(12-2-6-14(18)7-3-12)20-10-16-21-17(22-23-16)13-4-8-15(19)9-5-13/h2-9,11,20H,10H2,1H3. The fourth-order valence-electron chi connectivity index (χ4n) is 2.15. The number of rotatable bonds is 5. The average Bonchev–Trinajstić information content (AvgIpc) is 3.03. The van der Waals surface area contributed by atoms with Gasteiger partial charge in [0, 0.05) is 21.7 Å². The second-order valence-electron chi connectivity index (χ2n) is 5.17. The topological polar surface area (TPSA) is 51.0 Å². The Morgan fingerprint density at radius 3 is 2.26 bits per heavy atom. The summed E-state index contributed by atoms with van der Waals surface area (Å²) in [6.45, 7) is 2.56. The van der Waals surface area contributed by atoms with Crippen LogP contribution in [0.4, 0.5) is 0 Å². The fraction of sp³-hybridized carbons (Fsp3) is 0.176. The van der Waals surface area contributed by atoms with Crippen LogP contribution in [0.2, 0.25) is 10.0 Å². The largest absolute Gasteiger partial charge is 0.338 e. The molecule has 118 valence electrons. The van der Waals surface area contributed by atoms with Crippen molar-refractivity contribution in [3.05, 3.63) is 70.0 Å². The molecule has 1 atom stereocenters.